The van der Waals surface area contributed by atoms with E-state index in [-0.39, 0.29) is 0 Å². The molecule has 1 aliphatic rings. The first-order valence-corrected chi connectivity index (χ1v) is 7.79. The highest BCUT2D eigenvalue weighted by molar-refractivity contribution is 14.1. The summed E-state index contributed by atoms with van der Waals surface area (Å²) in [7, 11) is 0. The third kappa shape index (κ3) is 2.86. The Labute approximate surface area is 130 Å². The van der Waals surface area contributed by atoms with Crippen LogP contribution in [0.4, 0.5) is 5.69 Å². The summed E-state index contributed by atoms with van der Waals surface area (Å²) < 4.78 is 3.35. The molecule has 2 aromatic rings. The van der Waals surface area contributed by atoms with E-state index in [1.54, 1.807) is 0 Å². The summed E-state index contributed by atoms with van der Waals surface area (Å²) in [5.74, 6) is 2.13. The zero-order chi connectivity index (χ0) is 13.2. The molecule has 3 rings (SSSR count). The second-order valence-electron chi connectivity index (χ2n) is 4.62. The number of anilines is 1. The minimum atomic E-state index is 0.699. The summed E-state index contributed by atoms with van der Waals surface area (Å²) in [5, 5.41) is 12.7. The topological polar surface area (TPSA) is 42.7 Å². The van der Waals surface area contributed by atoms with Gasteiger partial charge in [-0.3, -0.25) is 0 Å². The Kier molecular flexibility index (Phi) is 3.93. The number of hydrogen-bond donors (Lipinski definition) is 1. The standard InChI is InChI=1S/C13H14ClIN4/c14-9-4-5-11(10(15)7-9)16-8-13-18-17-12-3-1-2-6-19(12)13/h4-5,7,16H,1-3,6,8H2. The molecule has 0 spiro atoms. The normalized spacial score (nSPS) is 14.2. The number of rotatable bonds is 3. The van der Waals surface area contributed by atoms with E-state index in [2.05, 4.69) is 42.7 Å². The second-order valence-corrected chi connectivity index (χ2v) is 6.22. The number of halogens is 2. The van der Waals surface area contributed by atoms with Crippen LogP contribution in [0.1, 0.15) is 24.5 Å². The van der Waals surface area contributed by atoms with Gasteiger partial charge in [0.2, 0.25) is 0 Å². The first-order chi connectivity index (χ1) is 9.24. The number of benzene rings is 1. The predicted octanol–water partition coefficient (Wildman–Crippen LogP) is 3.48. The second kappa shape index (κ2) is 5.66. The van der Waals surface area contributed by atoms with E-state index in [9.17, 15) is 0 Å². The van der Waals surface area contributed by atoms with Crippen LogP contribution in [-0.2, 0) is 19.5 Å². The molecule has 2 heterocycles. The molecule has 6 heteroatoms. The largest absolute Gasteiger partial charge is 0.377 e. The first kappa shape index (κ1) is 13.2. The Morgan fingerprint density at radius 1 is 1.32 bits per heavy atom. The lowest BCUT2D eigenvalue weighted by Gasteiger charge is -2.15. The van der Waals surface area contributed by atoms with Gasteiger partial charge in [0.25, 0.3) is 0 Å². The lowest BCUT2D eigenvalue weighted by atomic mass is 10.2. The van der Waals surface area contributed by atoms with Crippen molar-refractivity contribution in [2.45, 2.75) is 32.4 Å². The Hall–Kier alpha value is -0.820. The number of hydrogen-bond acceptors (Lipinski definition) is 3. The molecule has 1 aliphatic heterocycles. The number of fused-ring (bicyclic) bond motifs is 1. The molecule has 0 unspecified atom stereocenters. The van der Waals surface area contributed by atoms with E-state index >= 15 is 0 Å². The highest BCUT2D eigenvalue weighted by atomic mass is 127. The molecule has 1 aromatic heterocycles. The van der Waals surface area contributed by atoms with Crippen molar-refractivity contribution in [3.8, 4) is 0 Å². The molecule has 0 bridgehead atoms. The van der Waals surface area contributed by atoms with Gasteiger partial charge in [-0.1, -0.05) is 11.6 Å². The van der Waals surface area contributed by atoms with Crippen molar-refractivity contribution in [3.05, 3.63) is 38.4 Å². The maximum Gasteiger partial charge on any atom is 0.152 e. The van der Waals surface area contributed by atoms with E-state index in [0.29, 0.717) is 6.54 Å². The summed E-state index contributed by atoms with van der Waals surface area (Å²) in [6.45, 7) is 1.74. The molecule has 100 valence electrons. The van der Waals surface area contributed by atoms with E-state index in [1.807, 2.05) is 18.2 Å². The van der Waals surface area contributed by atoms with E-state index in [1.165, 1.54) is 12.8 Å². The van der Waals surface area contributed by atoms with E-state index in [0.717, 1.165) is 38.9 Å². The molecule has 0 saturated carbocycles. The fourth-order valence-electron chi connectivity index (χ4n) is 2.31. The van der Waals surface area contributed by atoms with Gasteiger partial charge in [-0.15, -0.1) is 10.2 Å². The van der Waals surface area contributed by atoms with Gasteiger partial charge in [0.15, 0.2) is 5.82 Å². The van der Waals surface area contributed by atoms with Crippen molar-refractivity contribution in [3.63, 3.8) is 0 Å². The zero-order valence-electron chi connectivity index (χ0n) is 10.4. The fraction of sp³-hybridized carbons (Fsp3) is 0.385. The van der Waals surface area contributed by atoms with Crippen LogP contribution in [0.25, 0.3) is 0 Å². The van der Waals surface area contributed by atoms with Crippen LogP contribution >= 0.6 is 34.2 Å². The molecule has 0 radical (unpaired) electrons. The number of nitrogens with one attached hydrogen (secondary N) is 1. The summed E-state index contributed by atoms with van der Waals surface area (Å²) in [5.41, 5.74) is 1.08. The van der Waals surface area contributed by atoms with Gasteiger partial charge in [0, 0.05) is 27.2 Å². The van der Waals surface area contributed by atoms with Gasteiger partial charge in [-0.05, 0) is 53.6 Å². The molecule has 19 heavy (non-hydrogen) atoms. The summed E-state index contributed by atoms with van der Waals surface area (Å²) in [6, 6.07) is 5.84. The maximum atomic E-state index is 5.95. The quantitative estimate of drug-likeness (QED) is 0.819. The smallest absolute Gasteiger partial charge is 0.152 e. The maximum absolute atomic E-state index is 5.95. The lowest BCUT2D eigenvalue weighted by Crippen LogP contribution is -2.15. The van der Waals surface area contributed by atoms with Gasteiger partial charge >= 0.3 is 0 Å². The van der Waals surface area contributed by atoms with Crippen LogP contribution in [0.2, 0.25) is 5.02 Å². The number of aromatic nitrogens is 3. The third-order valence-corrected chi connectivity index (χ3v) is 4.43. The average molecular weight is 389 g/mol. The molecular formula is C13H14ClIN4. The van der Waals surface area contributed by atoms with Crippen molar-refractivity contribution >= 4 is 39.9 Å². The molecule has 0 saturated heterocycles. The van der Waals surface area contributed by atoms with Crippen molar-refractivity contribution < 1.29 is 0 Å². The van der Waals surface area contributed by atoms with Crippen molar-refractivity contribution in [2.24, 2.45) is 0 Å². The van der Waals surface area contributed by atoms with Gasteiger partial charge in [0.1, 0.15) is 5.82 Å². The van der Waals surface area contributed by atoms with Crippen LogP contribution < -0.4 is 5.32 Å². The molecule has 1 N–H and O–H groups in total. The first-order valence-electron chi connectivity index (χ1n) is 6.34. The highest BCUT2D eigenvalue weighted by Gasteiger charge is 2.15. The van der Waals surface area contributed by atoms with Crippen molar-refractivity contribution in [2.75, 3.05) is 5.32 Å². The predicted molar refractivity (Wildman–Crippen MR) is 84.5 cm³/mol. The van der Waals surface area contributed by atoms with E-state index in [4.69, 9.17) is 11.6 Å². The van der Waals surface area contributed by atoms with E-state index < -0.39 is 0 Å². The summed E-state index contributed by atoms with van der Waals surface area (Å²) in [6.07, 6.45) is 3.49. The van der Waals surface area contributed by atoms with Crippen LogP contribution in [0, 0.1) is 3.57 Å². The van der Waals surface area contributed by atoms with Crippen LogP contribution in [0.5, 0.6) is 0 Å². The Bertz CT molecular complexity index is 596. The summed E-state index contributed by atoms with van der Waals surface area (Å²) in [4.78, 5) is 0. The molecule has 0 amide bonds. The van der Waals surface area contributed by atoms with Crippen molar-refractivity contribution in [1.29, 1.82) is 0 Å². The lowest BCUT2D eigenvalue weighted by molar-refractivity contribution is 0.510. The van der Waals surface area contributed by atoms with Gasteiger partial charge in [0.05, 0.1) is 6.54 Å². The molecule has 0 atom stereocenters. The van der Waals surface area contributed by atoms with Crippen molar-refractivity contribution in [1.82, 2.24) is 14.8 Å². The molecule has 0 fully saturated rings. The van der Waals surface area contributed by atoms with Crippen LogP contribution in [-0.4, -0.2) is 14.8 Å². The summed E-state index contributed by atoms with van der Waals surface area (Å²) >= 11 is 8.23. The minimum Gasteiger partial charge on any atom is -0.377 e. The average Bonchev–Trinajstić information content (AvgIpc) is 2.81. The minimum absolute atomic E-state index is 0.699. The highest BCUT2D eigenvalue weighted by Crippen LogP contribution is 2.23. The molecule has 0 aliphatic carbocycles. The molecular weight excluding hydrogens is 375 g/mol. The fourth-order valence-corrected chi connectivity index (χ4v) is 3.37. The van der Waals surface area contributed by atoms with Gasteiger partial charge < -0.3 is 9.88 Å². The SMILES string of the molecule is Clc1ccc(NCc2nnc3n2CCCC3)c(I)c1. The van der Waals surface area contributed by atoms with Crippen LogP contribution in [0.15, 0.2) is 18.2 Å². The Balaban J connectivity index is 1.74. The molecule has 1 aromatic carbocycles. The monoisotopic (exact) mass is 388 g/mol. The van der Waals surface area contributed by atoms with Crippen LogP contribution in [0.3, 0.4) is 0 Å². The third-order valence-electron chi connectivity index (χ3n) is 3.30. The Morgan fingerprint density at radius 3 is 3.05 bits per heavy atom. The number of nitrogens with zero attached hydrogens (tertiary/aromatic N) is 3. The molecule has 4 nitrogen and oxygen atoms in total. The van der Waals surface area contributed by atoms with Gasteiger partial charge in [-0.25, -0.2) is 0 Å². The Morgan fingerprint density at radius 2 is 2.21 bits per heavy atom. The zero-order valence-corrected chi connectivity index (χ0v) is 13.3. The van der Waals surface area contributed by atoms with Gasteiger partial charge in [-0.2, -0.15) is 0 Å². The number of aryl methyl sites for hydroxylation is 1.